The molecule has 0 heterocycles. The number of nitro benzene ring substituents is 1. The van der Waals surface area contributed by atoms with Crippen molar-refractivity contribution in [3.8, 4) is 23.0 Å². The van der Waals surface area contributed by atoms with Crippen molar-refractivity contribution in [3.05, 3.63) is 51.6 Å². The number of carbonyl (C=O) groups is 1. The Kier molecular flexibility index (Phi) is 7.35. The van der Waals surface area contributed by atoms with Gasteiger partial charge in [-0.25, -0.2) is 5.43 Å². The van der Waals surface area contributed by atoms with E-state index in [2.05, 4.69) is 10.5 Å². The Morgan fingerprint density at radius 2 is 1.59 bits per heavy atom. The van der Waals surface area contributed by atoms with Crippen LogP contribution in [0.1, 0.15) is 11.1 Å². The summed E-state index contributed by atoms with van der Waals surface area (Å²) in [4.78, 5) is 22.8. The van der Waals surface area contributed by atoms with Crippen molar-refractivity contribution in [1.82, 2.24) is 5.43 Å². The molecule has 10 heteroatoms. The molecule has 2 aromatic rings. The van der Waals surface area contributed by atoms with Crippen LogP contribution in [0.2, 0.25) is 0 Å². The normalized spacial score (nSPS) is 10.5. The van der Waals surface area contributed by atoms with E-state index in [0.29, 0.717) is 22.8 Å². The molecule has 29 heavy (non-hydrogen) atoms. The second-order valence-electron chi connectivity index (χ2n) is 5.68. The summed E-state index contributed by atoms with van der Waals surface area (Å²) in [6, 6.07) is 7.73. The molecular weight excluding hydrogens is 382 g/mol. The number of carbonyl (C=O) groups excluding carboxylic acids is 1. The fourth-order valence-corrected chi connectivity index (χ4v) is 2.53. The standard InChI is InChI=1S/C19H21N3O7/c1-26-15-6-5-12(7-16(15)27-2)8-19(23)21-20-11-13-9-17(28-3)18(29-4)10-14(13)22(24)25/h5-7,9-11H,8H2,1-4H3,(H,21,23)/b20-11-. The largest absolute Gasteiger partial charge is 0.493 e. The summed E-state index contributed by atoms with van der Waals surface area (Å²) in [5.41, 5.74) is 2.95. The zero-order chi connectivity index (χ0) is 21.4. The molecule has 10 nitrogen and oxygen atoms in total. The average Bonchev–Trinajstić information content (AvgIpc) is 2.72. The molecule has 0 aromatic heterocycles. The van der Waals surface area contributed by atoms with Crippen LogP contribution in [-0.4, -0.2) is 45.5 Å². The fraction of sp³-hybridized carbons (Fsp3) is 0.263. The predicted molar refractivity (Wildman–Crippen MR) is 105 cm³/mol. The van der Waals surface area contributed by atoms with Crippen LogP contribution in [0.25, 0.3) is 0 Å². The summed E-state index contributed by atoms with van der Waals surface area (Å²) in [5.74, 6) is 1.17. The molecule has 0 saturated heterocycles. The summed E-state index contributed by atoms with van der Waals surface area (Å²) < 4.78 is 20.6. The minimum atomic E-state index is -0.575. The summed E-state index contributed by atoms with van der Waals surface area (Å²) in [7, 11) is 5.81. The van der Waals surface area contributed by atoms with E-state index < -0.39 is 10.8 Å². The van der Waals surface area contributed by atoms with Crippen LogP contribution in [0.5, 0.6) is 23.0 Å². The van der Waals surface area contributed by atoms with Crippen molar-refractivity contribution in [2.75, 3.05) is 28.4 Å². The van der Waals surface area contributed by atoms with Crippen LogP contribution in [0, 0.1) is 10.1 Å². The Hall–Kier alpha value is -3.82. The Morgan fingerprint density at radius 1 is 1.00 bits per heavy atom. The van der Waals surface area contributed by atoms with Crippen molar-refractivity contribution in [2.45, 2.75) is 6.42 Å². The van der Waals surface area contributed by atoms with Gasteiger partial charge < -0.3 is 18.9 Å². The van der Waals surface area contributed by atoms with Gasteiger partial charge in [0.1, 0.15) is 0 Å². The first-order chi connectivity index (χ1) is 13.9. The van der Waals surface area contributed by atoms with Gasteiger partial charge in [-0.05, 0) is 23.8 Å². The Bertz CT molecular complexity index is 928. The molecular formula is C19H21N3O7. The van der Waals surface area contributed by atoms with Crippen molar-refractivity contribution in [3.63, 3.8) is 0 Å². The van der Waals surface area contributed by atoms with Crippen LogP contribution in [-0.2, 0) is 11.2 Å². The maximum Gasteiger partial charge on any atom is 0.282 e. The smallest absolute Gasteiger partial charge is 0.282 e. The number of nitrogens with zero attached hydrogens (tertiary/aromatic N) is 2. The van der Waals surface area contributed by atoms with E-state index >= 15 is 0 Å². The molecule has 2 rings (SSSR count). The second kappa shape index (κ2) is 9.93. The van der Waals surface area contributed by atoms with E-state index in [1.54, 1.807) is 18.2 Å². The predicted octanol–water partition coefficient (Wildman–Crippen LogP) is 2.32. The van der Waals surface area contributed by atoms with Gasteiger partial charge in [-0.1, -0.05) is 6.07 Å². The highest BCUT2D eigenvalue weighted by atomic mass is 16.6. The number of nitro groups is 1. The molecule has 0 spiro atoms. The SMILES string of the molecule is COc1ccc(CC(=O)N/N=C\c2cc(OC)c(OC)cc2[N+](=O)[O-])cc1OC. The van der Waals surface area contributed by atoms with Gasteiger partial charge in [0, 0.05) is 0 Å². The first kappa shape index (κ1) is 21.5. The third-order valence-electron chi connectivity index (χ3n) is 3.94. The minimum absolute atomic E-state index is 0.0335. The summed E-state index contributed by atoms with van der Waals surface area (Å²) >= 11 is 0. The monoisotopic (exact) mass is 403 g/mol. The number of hydrogen-bond donors (Lipinski definition) is 1. The number of ether oxygens (including phenoxy) is 4. The molecule has 0 aliphatic carbocycles. The second-order valence-corrected chi connectivity index (χ2v) is 5.68. The number of methoxy groups -OCH3 is 4. The van der Waals surface area contributed by atoms with E-state index in [1.165, 1.54) is 46.8 Å². The maximum atomic E-state index is 12.1. The number of hydrazone groups is 1. The third-order valence-corrected chi connectivity index (χ3v) is 3.94. The average molecular weight is 403 g/mol. The van der Waals surface area contributed by atoms with E-state index in [0.717, 1.165) is 0 Å². The molecule has 1 N–H and O–H groups in total. The van der Waals surface area contributed by atoms with Crippen LogP contribution < -0.4 is 24.4 Å². The highest BCUT2D eigenvalue weighted by molar-refractivity contribution is 5.88. The topological polar surface area (TPSA) is 122 Å². The Morgan fingerprint density at radius 3 is 2.17 bits per heavy atom. The molecule has 0 atom stereocenters. The van der Waals surface area contributed by atoms with Gasteiger partial charge in [0.05, 0.1) is 57.6 Å². The van der Waals surface area contributed by atoms with Gasteiger partial charge in [-0.3, -0.25) is 14.9 Å². The van der Waals surface area contributed by atoms with Crippen molar-refractivity contribution < 1.29 is 28.7 Å². The molecule has 0 saturated carbocycles. The van der Waals surface area contributed by atoms with Crippen molar-refractivity contribution in [2.24, 2.45) is 5.10 Å². The summed E-state index contributed by atoms with van der Waals surface area (Å²) in [5, 5.41) is 15.1. The molecule has 2 aromatic carbocycles. The molecule has 0 bridgehead atoms. The van der Waals surface area contributed by atoms with Gasteiger partial charge >= 0.3 is 0 Å². The lowest BCUT2D eigenvalue weighted by Gasteiger charge is -2.09. The number of rotatable bonds is 9. The van der Waals surface area contributed by atoms with Crippen LogP contribution in [0.4, 0.5) is 5.69 Å². The lowest BCUT2D eigenvalue weighted by Crippen LogP contribution is -2.19. The Labute approximate surface area is 167 Å². The number of amides is 1. The zero-order valence-corrected chi connectivity index (χ0v) is 16.4. The van der Waals surface area contributed by atoms with Gasteiger partial charge in [0.15, 0.2) is 23.0 Å². The molecule has 0 aliphatic rings. The summed E-state index contributed by atoms with van der Waals surface area (Å²) in [6.07, 6.45) is 1.21. The van der Waals surface area contributed by atoms with Gasteiger partial charge in [-0.15, -0.1) is 0 Å². The van der Waals surface area contributed by atoms with Crippen LogP contribution in [0.15, 0.2) is 35.4 Å². The van der Waals surface area contributed by atoms with E-state index in [-0.39, 0.29) is 23.4 Å². The molecule has 0 fully saturated rings. The van der Waals surface area contributed by atoms with Gasteiger partial charge in [0.2, 0.25) is 5.91 Å². The van der Waals surface area contributed by atoms with E-state index in [1.807, 2.05) is 0 Å². The number of benzene rings is 2. The third kappa shape index (κ3) is 5.34. The molecule has 0 aliphatic heterocycles. The highest BCUT2D eigenvalue weighted by Crippen LogP contribution is 2.33. The fourth-order valence-electron chi connectivity index (χ4n) is 2.53. The quantitative estimate of drug-likeness (QED) is 0.387. The zero-order valence-electron chi connectivity index (χ0n) is 16.4. The van der Waals surface area contributed by atoms with Gasteiger partial charge in [0.25, 0.3) is 5.69 Å². The van der Waals surface area contributed by atoms with Crippen LogP contribution >= 0.6 is 0 Å². The molecule has 0 unspecified atom stereocenters. The van der Waals surface area contributed by atoms with Crippen LogP contribution in [0.3, 0.4) is 0 Å². The maximum absolute atomic E-state index is 12.1. The first-order valence-corrected chi connectivity index (χ1v) is 8.36. The first-order valence-electron chi connectivity index (χ1n) is 8.36. The van der Waals surface area contributed by atoms with Gasteiger partial charge in [-0.2, -0.15) is 5.10 Å². The lowest BCUT2D eigenvalue weighted by molar-refractivity contribution is -0.385. The van der Waals surface area contributed by atoms with E-state index in [9.17, 15) is 14.9 Å². The number of nitrogens with one attached hydrogen (secondary N) is 1. The lowest BCUT2D eigenvalue weighted by atomic mass is 10.1. The van der Waals surface area contributed by atoms with Crippen molar-refractivity contribution in [1.29, 1.82) is 0 Å². The highest BCUT2D eigenvalue weighted by Gasteiger charge is 2.18. The summed E-state index contributed by atoms with van der Waals surface area (Å²) in [6.45, 7) is 0. The molecule has 1 amide bonds. The van der Waals surface area contributed by atoms with E-state index in [4.69, 9.17) is 18.9 Å². The number of hydrogen-bond acceptors (Lipinski definition) is 8. The minimum Gasteiger partial charge on any atom is -0.493 e. The molecule has 0 radical (unpaired) electrons. The molecule has 154 valence electrons. The Balaban J connectivity index is 2.13. The van der Waals surface area contributed by atoms with Crippen molar-refractivity contribution >= 4 is 17.8 Å².